The molecule has 1 aromatic heterocycles. The van der Waals surface area contributed by atoms with Gasteiger partial charge in [0.25, 0.3) is 5.89 Å². The normalized spacial score (nSPS) is 10.6. The molecule has 6 nitrogen and oxygen atoms in total. The maximum Gasteiger partial charge on any atom is 0.341 e. The summed E-state index contributed by atoms with van der Waals surface area (Å²) in [5.41, 5.74) is 1.12. The van der Waals surface area contributed by atoms with Crippen molar-refractivity contribution in [1.29, 1.82) is 0 Å². The van der Waals surface area contributed by atoms with Crippen molar-refractivity contribution in [3.05, 3.63) is 52.0 Å². The minimum absolute atomic E-state index is 0.264. The Hall–Kier alpha value is -2.38. The molecule has 3 rings (SSSR count). The number of benzene rings is 2. The average Bonchev–Trinajstić information content (AvgIpc) is 3.03. The summed E-state index contributed by atoms with van der Waals surface area (Å²) in [7, 11) is 0. The average molecular weight is 410 g/mol. The molecule has 0 aliphatic carbocycles. The zero-order valence-corrected chi connectivity index (χ0v) is 14.4. The molecule has 0 saturated heterocycles. The highest BCUT2D eigenvalue weighted by atomic mass is 79.9. The van der Waals surface area contributed by atoms with E-state index in [0.717, 1.165) is 4.47 Å². The van der Waals surface area contributed by atoms with Crippen LogP contribution in [-0.4, -0.2) is 27.8 Å². The zero-order valence-electron chi connectivity index (χ0n) is 12.1. The van der Waals surface area contributed by atoms with Gasteiger partial charge in [-0.2, -0.15) is 4.98 Å². The first-order valence-electron chi connectivity index (χ1n) is 6.77. The van der Waals surface area contributed by atoms with Crippen molar-refractivity contribution >= 4 is 33.5 Å². The van der Waals surface area contributed by atoms with E-state index in [1.165, 1.54) is 0 Å². The number of hydrogen-bond acceptors (Lipinski definition) is 5. The maximum absolute atomic E-state index is 10.7. The number of aromatic nitrogens is 2. The van der Waals surface area contributed by atoms with Crippen LogP contribution in [0.1, 0.15) is 0 Å². The summed E-state index contributed by atoms with van der Waals surface area (Å²) in [6.45, 7) is -0.468. The van der Waals surface area contributed by atoms with E-state index in [4.69, 9.17) is 26.0 Å². The molecular formula is C16H10BrClN2O4. The van der Waals surface area contributed by atoms with Gasteiger partial charge >= 0.3 is 5.97 Å². The van der Waals surface area contributed by atoms with Crippen LogP contribution >= 0.6 is 27.5 Å². The smallest absolute Gasteiger partial charge is 0.341 e. The van der Waals surface area contributed by atoms with Gasteiger partial charge in [0.05, 0.1) is 16.1 Å². The van der Waals surface area contributed by atoms with Crippen LogP contribution in [0.2, 0.25) is 5.02 Å². The molecule has 0 saturated carbocycles. The van der Waals surface area contributed by atoms with Crippen molar-refractivity contribution in [2.24, 2.45) is 0 Å². The molecule has 0 aliphatic rings. The zero-order chi connectivity index (χ0) is 17.1. The van der Waals surface area contributed by atoms with Gasteiger partial charge in [-0.3, -0.25) is 0 Å². The lowest BCUT2D eigenvalue weighted by atomic mass is 10.2. The van der Waals surface area contributed by atoms with Crippen molar-refractivity contribution in [3.8, 4) is 28.6 Å². The van der Waals surface area contributed by atoms with Crippen molar-refractivity contribution < 1.29 is 19.2 Å². The van der Waals surface area contributed by atoms with Crippen molar-refractivity contribution in [1.82, 2.24) is 10.1 Å². The van der Waals surface area contributed by atoms with Crippen molar-refractivity contribution in [3.63, 3.8) is 0 Å². The molecule has 8 heteroatoms. The molecule has 0 spiro atoms. The van der Waals surface area contributed by atoms with Crippen LogP contribution in [-0.2, 0) is 4.79 Å². The molecule has 122 valence electrons. The fourth-order valence-corrected chi connectivity index (χ4v) is 2.60. The van der Waals surface area contributed by atoms with Gasteiger partial charge in [-0.05, 0) is 30.3 Å². The molecule has 0 atom stereocenters. The lowest BCUT2D eigenvalue weighted by molar-refractivity contribution is -0.139. The van der Waals surface area contributed by atoms with Crippen LogP contribution in [0.4, 0.5) is 0 Å². The van der Waals surface area contributed by atoms with Gasteiger partial charge in [-0.15, -0.1) is 0 Å². The van der Waals surface area contributed by atoms with Gasteiger partial charge < -0.3 is 14.4 Å². The van der Waals surface area contributed by atoms with Crippen LogP contribution in [0.15, 0.2) is 51.5 Å². The van der Waals surface area contributed by atoms with E-state index in [2.05, 4.69) is 26.1 Å². The molecule has 1 heterocycles. The topological polar surface area (TPSA) is 85.5 Å². The highest BCUT2D eigenvalue weighted by Gasteiger charge is 2.17. The number of carbonyl (C=O) groups is 1. The largest absolute Gasteiger partial charge is 0.481 e. The summed E-state index contributed by atoms with van der Waals surface area (Å²) in [6, 6.07) is 12.2. The fourth-order valence-electron chi connectivity index (χ4n) is 2.02. The molecule has 0 amide bonds. The summed E-state index contributed by atoms with van der Waals surface area (Å²) in [5.74, 6) is -0.202. The Morgan fingerprint density at radius 1 is 1.25 bits per heavy atom. The lowest BCUT2D eigenvalue weighted by Crippen LogP contribution is -2.10. The van der Waals surface area contributed by atoms with Crippen molar-refractivity contribution in [2.75, 3.05) is 6.61 Å². The van der Waals surface area contributed by atoms with Gasteiger partial charge in [-0.1, -0.05) is 44.8 Å². The monoisotopic (exact) mass is 408 g/mol. The van der Waals surface area contributed by atoms with E-state index in [0.29, 0.717) is 21.9 Å². The number of nitrogens with zero attached hydrogens (tertiary/aromatic N) is 2. The van der Waals surface area contributed by atoms with E-state index < -0.39 is 12.6 Å². The van der Waals surface area contributed by atoms with Crippen LogP contribution in [0, 0.1) is 0 Å². The summed E-state index contributed by atoms with van der Waals surface area (Å²) in [6.07, 6.45) is 0. The Morgan fingerprint density at radius 3 is 2.79 bits per heavy atom. The van der Waals surface area contributed by atoms with E-state index in [-0.39, 0.29) is 11.7 Å². The molecule has 0 fully saturated rings. The molecular weight excluding hydrogens is 400 g/mol. The third kappa shape index (κ3) is 3.58. The third-order valence-electron chi connectivity index (χ3n) is 3.06. The lowest BCUT2D eigenvalue weighted by Gasteiger charge is -2.07. The number of rotatable bonds is 5. The first kappa shape index (κ1) is 16.5. The highest BCUT2D eigenvalue weighted by molar-refractivity contribution is 9.10. The predicted molar refractivity (Wildman–Crippen MR) is 91.0 cm³/mol. The summed E-state index contributed by atoms with van der Waals surface area (Å²) < 4.78 is 11.3. The Morgan fingerprint density at radius 2 is 2.04 bits per heavy atom. The first-order chi connectivity index (χ1) is 11.5. The fraction of sp³-hybridized carbons (Fsp3) is 0.0625. The minimum Gasteiger partial charge on any atom is -0.481 e. The van der Waals surface area contributed by atoms with Crippen LogP contribution < -0.4 is 4.74 Å². The highest BCUT2D eigenvalue weighted by Crippen LogP contribution is 2.33. The van der Waals surface area contributed by atoms with Crippen LogP contribution in [0.3, 0.4) is 0 Å². The molecule has 0 radical (unpaired) electrons. The number of halogens is 2. The van der Waals surface area contributed by atoms with Crippen molar-refractivity contribution in [2.45, 2.75) is 0 Å². The van der Waals surface area contributed by atoms with Gasteiger partial charge in [0.2, 0.25) is 5.82 Å². The molecule has 3 aromatic rings. The quantitative estimate of drug-likeness (QED) is 0.677. The summed E-state index contributed by atoms with van der Waals surface area (Å²) in [4.78, 5) is 15.0. The number of carboxylic acids is 1. The minimum atomic E-state index is -1.08. The predicted octanol–water partition coefficient (Wildman–Crippen LogP) is 4.28. The van der Waals surface area contributed by atoms with E-state index in [1.807, 2.05) is 6.07 Å². The van der Waals surface area contributed by atoms with Crippen LogP contribution in [0.5, 0.6) is 5.75 Å². The molecule has 0 unspecified atom stereocenters. The van der Waals surface area contributed by atoms with Gasteiger partial charge in [0.1, 0.15) is 5.75 Å². The van der Waals surface area contributed by atoms with Crippen LogP contribution in [0.25, 0.3) is 22.8 Å². The second-order valence-corrected chi connectivity index (χ2v) is 6.05. The second-order valence-electron chi connectivity index (χ2n) is 4.73. The molecule has 0 aliphatic heterocycles. The van der Waals surface area contributed by atoms with Gasteiger partial charge in [0.15, 0.2) is 6.61 Å². The van der Waals surface area contributed by atoms with E-state index in [1.54, 1.807) is 36.4 Å². The van der Waals surface area contributed by atoms with Gasteiger partial charge in [0, 0.05) is 4.47 Å². The molecule has 1 N–H and O–H groups in total. The SMILES string of the molecule is O=C(O)COc1ccc(Br)cc1-c1noc(-c2ccccc2Cl)n1. The number of hydrogen-bond donors (Lipinski definition) is 1. The molecule has 0 bridgehead atoms. The number of aliphatic carboxylic acids is 1. The summed E-state index contributed by atoms with van der Waals surface area (Å²) in [5, 5.41) is 13.2. The first-order valence-corrected chi connectivity index (χ1v) is 7.95. The Kier molecular flexibility index (Phi) is 4.82. The third-order valence-corrected chi connectivity index (χ3v) is 3.89. The van der Waals surface area contributed by atoms with Gasteiger partial charge in [-0.25, -0.2) is 4.79 Å². The summed E-state index contributed by atoms with van der Waals surface area (Å²) >= 11 is 9.49. The number of ether oxygens (including phenoxy) is 1. The molecule has 24 heavy (non-hydrogen) atoms. The molecule has 2 aromatic carbocycles. The standard InChI is InChI=1S/C16H10BrClN2O4/c17-9-5-6-13(23-8-14(21)22)11(7-9)15-19-16(24-20-15)10-3-1-2-4-12(10)18/h1-7H,8H2,(H,21,22). The Labute approximate surface area is 150 Å². The van der Waals surface area contributed by atoms with E-state index >= 15 is 0 Å². The Bertz CT molecular complexity index is 897. The Balaban J connectivity index is 1.99. The number of carboxylic acid groups (broad SMARTS) is 1. The second kappa shape index (κ2) is 7.02. The maximum atomic E-state index is 10.7. The van der Waals surface area contributed by atoms with E-state index in [9.17, 15) is 4.79 Å².